The first-order chi connectivity index (χ1) is 14.9. The molecule has 1 unspecified atom stereocenters. The Bertz CT molecular complexity index is 1080. The van der Waals surface area contributed by atoms with Crippen LogP contribution in [0.1, 0.15) is 5.56 Å². The van der Waals surface area contributed by atoms with Gasteiger partial charge in [-0.1, -0.05) is 23.7 Å². The largest absolute Gasteiger partial charge is 0.497 e. The predicted octanol–water partition coefficient (Wildman–Crippen LogP) is 3.30. The van der Waals surface area contributed by atoms with Gasteiger partial charge in [0.2, 0.25) is 17.7 Å². The lowest BCUT2D eigenvalue weighted by Crippen LogP contribution is -2.37. The van der Waals surface area contributed by atoms with Crippen LogP contribution in [0.2, 0.25) is 5.02 Å². The summed E-state index contributed by atoms with van der Waals surface area (Å²) >= 11 is 5.87. The minimum atomic E-state index is -0.939. The Kier molecular flexibility index (Phi) is 6.83. The fourth-order valence-electron chi connectivity index (χ4n) is 2.72. The first kappa shape index (κ1) is 21.8. The number of hydrogen-bond acceptors (Lipinski definition) is 8. The van der Waals surface area contributed by atoms with Gasteiger partial charge >= 0.3 is 5.69 Å². The fourth-order valence-corrected chi connectivity index (χ4v) is 2.85. The Morgan fingerprint density at radius 3 is 2.48 bits per heavy atom. The molecular weight excluding hydrogens is 424 g/mol. The maximum absolute atomic E-state index is 12.0. The molecule has 1 heterocycles. The summed E-state index contributed by atoms with van der Waals surface area (Å²) in [5.41, 5.74) is 6.56. The van der Waals surface area contributed by atoms with E-state index in [2.05, 4.69) is 20.6 Å². The average Bonchev–Trinajstić information content (AvgIpc) is 2.75. The number of primary amides is 1. The predicted molar refractivity (Wildman–Crippen MR) is 117 cm³/mol. The van der Waals surface area contributed by atoms with Crippen LogP contribution >= 0.6 is 11.6 Å². The molecule has 3 aromatic rings. The second-order valence-corrected chi connectivity index (χ2v) is 6.90. The second kappa shape index (κ2) is 9.72. The summed E-state index contributed by atoms with van der Waals surface area (Å²) in [6, 6.07) is 12.9. The molecule has 4 N–H and O–H groups in total. The number of carbonyl (C=O) groups is 1. The van der Waals surface area contributed by atoms with Crippen molar-refractivity contribution in [3.8, 4) is 5.75 Å². The van der Waals surface area contributed by atoms with E-state index >= 15 is 0 Å². The Balaban J connectivity index is 1.85. The van der Waals surface area contributed by atoms with Crippen LogP contribution in [0.3, 0.4) is 0 Å². The quantitative estimate of drug-likeness (QED) is 0.338. The standard InChI is InChI=1S/C20H19ClN6O4/c1-31-15-8-2-12(3-9-15)10-16(18(22)28)25-19-17(27(29)30)11-23-20(26-19)24-14-6-4-13(21)5-7-14/h2-9,11,16H,10H2,1H3,(H2,22,28)(H2,23,24,25,26). The maximum Gasteiger partial charge on any atom is 0.329 e. The minimum Gasteiger partial charge on any atom is -0.497 e. The van der Waals surface area contributed by atoms with Crippen LogP contribution < -0.4 is 21.1 Å². The molecule has 160 valence electrons. The number of halogens is 1. The van der Waals surface area contributed by atoms with Crippen molar-refractivity contribution in [2.75, 3.05) is 17.7 Å². The molecule has 0 radical (unpaired) electrons. The van der Waals surface area contributed by atoms with Gasteiger partial charge in [-0.05, 0) is 42.0 Å². The molecule has 11 heteroatoms. The van der Waals surface area contributed by atoms with Crippen LogP contribution in [0, 0.1) is 10.1 Å². The Morgan fingerprint density at radius 1 is 1.23 bits per heavy atom. The Morgan fingerprint density at radius 2 is 1.90 bits per heavy atom. The first-order valence-electron chi connectivity index (χ1n) is 9.08. The van der Waals surface area contributed by atoms with Crippen molar-refractivity contribution >= 4 is 40.6 Å². The van der Waals surface area contributed by atoms with E-state index in [1.54, 1.807) is 55.6 Å². The molecular formula is C20H19ClN6O4. The average molecular weight is 443 g/mol. The number of nitro groups is 1. The highest BCUT2D eigenvalue weighted by Gasteiger charge is 2.24. The van der Waals surface area contributed by atoms with Crippen molar-refractivity contribution in [3.63, 3.8) is 0 Å². The van der Waals surface area contributed by atoms with E-state index in [-0.39, 0.29) is 23.9 Å². The van der Waals surface area contributed by atoms with Crippen LogP contribution in [-0.4, -0.2) is 34.0 Å². The number of ether oxygens (including phenoxy) is 1. The molecule has 31 heavy (non-hydrogen) atoms. The highest BCUT2D eigenvalue weighted by Crippen LogP contribution is 2.25. The number of amides is 1. The number of anilines is 3. The number of nitrogens with two attached hydrogens (primary N) is 1. The van der Waals surface area contributed by atoms with Gasteiger partial charge in [0.15, 0.2) is 0 Å². The number of nitrogens with one attached hydrogen (secondary N) is 2. The van der Waals surface area contributed by atoms with E-state index < -0.39 is 16.9 Å². The van der Waals surface area contributed by atoms with Crippen LogP contribution in [0.5, 0.6) is 5.75 Å². The van der Waals surface area contributed by atoms with Crippen molar-refractivity contribution in [1.82, 2.24) is 9.97 Å². The number of benzene rings is 2. The third kappa shape index (κ3) is 5.80. The van der Waals surface area contributed by atoms with Gasteiger partial charge in [-0.25, -0.2) is 4.98 Å². The van der Waals surface area contributed by atoms with E-state index in [9.17, 15) is 14.9 Å². The zero-order chi connectivity index (χ0) is 22.4. The molecule has 2 aromatic carbocycles. The molecule has 10 nitrogen and oxygen atoms in total. The zero-order valence-corrected chi connectivity index (χ0v) is 17.2. The van der Waals surface area contributed by atoms with E-state index in [0.717, 1.165) is 11.8 Å². The van der Waals surface area contributed by atoms with Gasteiger partial charge < -0.3 is 21.1 Å². The van der Waals surface area contributed by atoms with Gasteiger partial charge in [-0.2, -0.15) is 4.98 Å². The molecule has 0 aliphatic rings. The maximum atomic E-state index is 12.0. The highest BCUT2D eigenvalue weighted by atomic mass is 35.5. The van der Waals surface area contributed by atoms with Crippen LogP contribution in [0.25, 0.3) is 0 Å². The summed E-state index contributed by atoms with van der Waals surface area (Å²) in [4.78, 5) is 30.9. The molecule has 0 saturated heterocycles. The summed E-state index contributed by atoms with van der Waals surface area (Å²) in [6.45, 7) is 0. The second-order valence-electron chi connectivity index (χ2n) is 6.47. The van der Waals surface area contributed by atoms with Crippen molar-refractivity contribution in [1.29, 1.82) is 0 Å². The molecule has 3 rings (SSSR count). The number of carbonyl (C=O) groups excluding carboxylic acids is 1. The van der Waals surface area contributed by atoms with Gasteiger partial charge in [0.05, 0.1) is 12.0 Å². The molecule has 0 saturated carbocycles. The number of methoxy groups -OCH3 is 1. The first-order valence-corrected chi connectivity index (χ1v) is 9.46. The van der Waals surface area contributed by atoms with Gasteiger partial charge in [-0.3, -0.25) is 14.9 Å². The molecule has 0 spiro atoms. The normalized spacial score (nSPS) is 11.4. The van der Waals surface area contributed by atoms with Gasteiger partial charge in [0.25, 0.3) is 0 Å². The lowest BCUT2D eigenvalue weighted by molar-refractivity contribution is -0.384. The van der Waals surface area contributed by atoms with Crippen LogP contribution in [-0.2, 0) is 11.2 Å². The van der Waals surface area contributed by atoms with Gasteiger partial charge in [-0.15, -0.1) is 0 Å². The molecule has 0 aliphatic carbocycles. The SMILES string of the molecule is COc1ccc(CC(Nc2nc(Nc3ccc(Cl)cc3)ncc2[N+](=O)[O-])C(N)=O)cc1. The Labute approximate surface area is 182 Å². The van der Waals surface area contributed by atoms with Crippen molar-refractivity contribution in [2.45, 2.75) is 12.5 Å². The van der Waals surface area contributed by atoms with Gasteiger partial charge in [0, 0.05) is 17.1 Å². The van der Waals surface area contributed by atoms with Crippen LogP contribution in [0.15, 0.2) is 54.7 Å². The van der Waals surface area contributed by atoms with E-state index in [1.165, 1.54) is 0 Å². The lowest BCUT2D eigenvalue weighted by atomic mass is 10.1. The van der Waals surface area contributed by atoms with E-state index in [0.29, 0.717) is 16.5 Å². The molecule has 0 fully saturated rings. The highest BCUT2D eigenvalue weighted by molar-refractivity contribution is 6.30. The Hall–Kier alpha value is -3.92. The molecule has 1 aromatic heterocycles. The molecule has 0 aliphatic heterocycles. The van der Waals surface area contributed by atoms with Gasteiger partial charge in [0.1, 0.15) is 18.0 Å². The van der Waals surface area contributed by atoms with Crippen molar-refractivity contribution in [2.24, 2.45) is 5.73 Å². The lowest BCUT2D eigenvalue weighted by Gasteiger charge is -2.17. The summed E-state index contributed by atoms with van der Waals surface area (Å²) in [6.07, 6.45) is 1.25. The monoisotopic (exact) mass is 442 g/mol. The van der Waals surface area contributed by atoms with Crippen molar-refractivity contribution in [3.05, 3.63) is 75.4 Å². The van der Waals surface area contributed by atoms with E-state index in [1.807, 2.05) is 0 Å². The summed E-state index contributed by atoms with van der Waals surface area (Å²) in [5, 5.41) is 17.7. The summed E-state index contributed by atoms with van der Waals surface area (Å²) in [5.74, 6) is -0.0514. The van der Waals surface area contributed by atoms with Crippen molar-refractivity contribution < 1.29 is 14.5 Å². The third-order valence-corrected chi connectivity index (χ3v) is 4.57. The molecule has 0 bridgehead atoms. The minimum absolute atomic E-state index is 0.100. The third-order valence-electron chi connectivity index (χ3n) is 4.32. The zero-order valence-electron chi connectivity index (χ0n) is 16.4. The van der Waals surface area contributed by atoms with E-state index in [4.69, 9.17) is 22.1 Å². The number of hydrogen-bond donors (Lipinski definition) is 3. The number of rotatable bonds is 9. The molecule has 1 amide bonds. The number of nitrogens with zero attached hydrogens (tertiary/aromatic N) is 3. The topological polar surface area (TPSA) is 145 Å². The molecule has 1 atom stereocenters. The summed E-state index contributed by atoms with van der Waals surface area (Å²) in [7, 11) is 1.55. The van der Waals surface area contributed by atoms with Crippen LogP contribution in [0.4, 0.5) is 23.1 Å². The smallest absolute Gasteiger partial charge is 0.329 e. The fraction of sp³-hybridized carbons (Fsp3) is 0.150. The number of aromatic nitrogens is 2. The summed E-state index contributed by atoms with van der Waals surface area (Å²) < 4.78 is 5.11.